The highest BCUT2D eigenvalue weighted by Gasteiger charge is 2.27. The second-order valence-corrected chi connectivity index (χ2v) is 5.37. The summed E-state index contributed by atoms with van der Waals surface area (Å²) in [7, 11) is 0. The molecular formula is C13H19NO4S. The van der Waals surface area contributed by atoms with E-state index in [1.54, 1.807) is 24.4 Å². The second-order valence-electron chi connectivity index (χ2n) is 4.42. The van der Waals surface area contributed by atoms with Crippen LogP contribution in [0.3, 0.4) is 0 Å². The molecule has 0 saturated carbocycles. The minimum atomic E-state index is -0.947. The molecule has 2 unspecified atom stereocenters. The van der Waals surface area contributed by atoms with Crippen LogP contribution in [-0.4, -0.2) is 46.2 Å². The van der Waals surface area contributed by atoms with Crippen molar-refractivity contribution in [3.05, 3.63) is 22.4 Å². The maximum Gasteiger partial charge on any atom is 0.308 e. The largest absolute Gasteiger partial charge is 0.481 e. The van der Waals surface area contributed by atoms with Crippen LogP contribution in [0.5, 0.6) is 0 Å². The number of hydrogen-bond donors (Lipinski definition) is 2. The SMILES string of the molecule is CCC(CO)N(CC(C)C(=O)O)C(=O)c1cccs1. The van der Waals surface area contributed by atoms with Crippen molar-refractivity contribution in [2.75, 3.05) is 13.2 Å². The molecule has 0 aromatic carbocycles. The first-order valence-electron chi connectivity index (χ1n) is 6.19. The molecule has 5 nitrogen and oxygen atoms in total. The Labute approximate surface area is 116 Å². The number of carbonyl (C=O) groups is 2. The van der Waals surface area contributed by atoms with E-state index in [0.29, 0.717) is 11.3 Å². The summed E-state index contributed by atoms with van der Waals surface area (Å²) in [6.45, 7) is 3.35. The van der Waals surface area contributed by atoms with Crippen LogP contribution in [0.2, 0.25) is 0 Å². The van der Waals surface area contributed by atoms with Gasteiger partial charge in [0.25, 0.3) is 5.91 Å². The zero-order chi connectivity index (χ0) is 14.4. The van der Waals surface area contributed by atoms with Crippen molar-refractivity contribution < 1.29 is 19.8 Å². The summed E-state index contributed by atoms with van der Waals surface area (Å²) < 4.78 is 0. The van der Waals surface area contributed by atoms with Crippen LogP contribution in [0.4, 0.5) is 0 Å². The third kappa shape index (κ3) is 4.04. The summed E-state index contributed by atoms with van der Waals surface area (Å²) in [5.74, 6) is -1.83. The monoisotopic (exact) mass is 285 g/mol. The molecule has 0 saturated heterocycles. The Hall–Kier alpha value is -1.40. The highest BCUT2D eigenvalue weighted by atomic mass is 32.1. The summed E-state index contributed by atoms with van der Waals surface area (Å²) in [6.07, 6.45) is 0.583. The number of carbonyl (C=O) groups excluding carboxylic acids is 1. The third-order valence-corrected chi connectivity index (χ3v) is 3.87. The van der Waals surface area contributed by atoms with Gasteiger partial charge in [0, 0.05) is 6.54 Å². The molecule has 6 heteroatoms. The number of carboxylic acid groups (broad SMARTS) is 1. The van der Waals surface area contributed by atoms with E-state index >= 15 is 0 Å². The number of carboxylic acids is 1. The van der Waals surface area contributed by atoms with Crippen molar-refractivity contribution in [1.82, 2.24) is 4.90 Å². The Kier molecular flexibility index (Phi) is 5.98. The molecule has 0 radical (unpaired) electrons. The number of aliphatic carboxylic acids is 1. The average Bonchev–Trinajstić information content (AvgIpc) is 2.91. The molecule has 0 aliphatic heterocycles. The van der Waals surface area contributed by atoms with E-state index in [1.807, 2.05) is 6.92 Å². The number of aliphatic hydroxyl groups is 1. The first-order valence-corrected chi connectivity index (χ1v) is 7.07. The molecule has 0 aliphatic rings. The van der Waals surface area contributed by atoms with E-state index < -0.39 is 11.9 Å². The van der Waals surface area contributed by atoms with E-state index in [4.69, 9.17) is 5.11 Å². The van der Waals surface area contributed by atoms with Crippen LogP contribution in [0.25, 0.3) is 0 Å². The molecule has 1 rings (SSSR count). The Bertz CT molecular complexity index is 414. The normalized spacial score (nSPS) is 13.8. The Morgan fingerprint density at radius 1 is 1.47 bits per heavy atom. The van der Waals surface area contributed by atoms with Crippen LogP contribution in [0.15, 0.2) is 17.5 Å². The minimum absolute atomic E-state index is 0.102. The predicted molar refractivity (Wildman–Crippen MR) is 73.3 cm³/mol. The molecule has 1 amide bonds. The first-order chi connectivity index (χ1) is 9.01. The van der Waals surface area contributed by atoms with Crippen LogP contribution in [0, 0.1) is 5.92 Å². The lowest BCUT2D eigenvalue weighted by Gasteiger charge is -2.31. The number of thiophene rings is 1. The number of hydrogen-bond acceptors (Lipinski definition) is 4. The highest BCUT2D eigenvalue weighted by molar-refractivity contribution is 7.12. The van der Waals surface area contributed by atoms with E-state index in [9.17, 15) is 14.7 Å². The van der Waals surface area contributed by atoms with Gasteiger partial charge < -0.3 is 15.1 Å². The molecule has 2 N–H and O–H groups in total. The molecule has 0 bridgehead atoms. The van der Waals surface area contributed by atoms with Gasteiger partial charge in [0.05, 0.1) is 23.4 Å². The Morgan fingerprint density at radius 3 is 2.58 bits per heavy atom. The number of aliphatic hydroxyl groups excluding tert-OH is 1. The summed E-state index contributed by atoms with van der Waals surface area (Å²) in [6, 6.07) is 3.13. The molecule has 1 aromatic heterocycles. The fourth-order valence-corrected chi connectivity index (χ4v) is 2.44. The van der Waals surface area contributed by atoms with Crippen molar-refractivity contribution in [3.63, 3.8) is 0 Å². The van der Waals surface area contributed by atoms with E-state index in [-0.39, 0.29) is 25.1 Å². The first kappa shape index (κ1) is 15.7. The number of amides is 1. The van der Waals surface area contributed by atoms with Crippen LogP contribution < -0.4 is 0 Å². The fourth-order valence-electron chi connectivity index (χ4n) is 1.76. The van der Waals surface area contributed by atoms with E-state index in [1.165, 1.54) is 16.2 Å². The molecule has 0 aliphatic carbocycles. The van der Waals surface area contributed by atoms with E-state index in [2.05, 4.69) is 0 Å². The zero-order valence-corrected chi connectivity index (χ0v) is 11.9. The van der Waals surface area contributed by atoms with Gasteiger partial charge in [0.15, 0.2) is 0 Å². The van der Waals surface area contributed by atoms with Gasteiger partial charge in [-0.15, -0.1) is 11.3 Å². The summed E-state index contributed by atoms with van der Waals surface area (Å²) in [5.41, 5.74) is 0. The Morgan fingerprint density at radius 2 is 2.16 bits per heavy atom. The number of rotatable bonds is 7. The van der Waals surface area contributed by atoms with Crippen molar-refractivity contribution in [2.24, 2.45) is 5.92 Å². The van der Waals surface area contributed by atoms with Gasteiger partial charge in [-0.2, -0.15) is 0 Å². The third-order valence-electron chi connectivity index (χ3n) is 3.01. The quantitative estimate of drug-likeness (QED) is 0.799. The van der Waals surface area contributed by atoms with Gasteiger partial charge in [-0.25, -0.2) is 0 Å². The fraction of sp³-hybridized carbons (Fsp3) is 0.538. The minimum Gasteiger partial charge on any atom is -0.481 e. The zero-order valence-electron chi connectivity index (χ0n) is 11.1. The standard InChI is InChI=1S/C13H19NO4S/c1-3-10(8-15)14(7-9(2)13(17)18)12(16)11-5-4-6-19-11/h4-6,9-10,15H,3,7-8H2,1-2H3,(H,17,18). The van der Waals surface area contributed by atoms with Crippen molar-refractivity contribution in [3.8, 4) is 0 Å². The van der Waals surface area contributed by atoms with Gasteiger partial charge in [0.2, 0.25) is 0 Å². The van der Waals surface area contributed by atoms with Gasteiger partial charge in [-0.05, 0) is 17.9 Å². The maximum absolute atomic E-state index is 12.4. The smallest absolute Gasteiger partial charge is 0.308 e. The summed E-state index contributed by atoms with van der Waals surface area (Å²) in [5, 5.41) is 20.1. The van der Waals surface area contributed by atoms with Gasteiger partial charge in [-0.3, -0.25) is 9.59 Å². The van der Waals surface area contributed by atoms with Crippen LogP contribution in [-0.2, 0) is 4.79 Å². The lowest BCUT2D eigenvalue weighted by molar-refractivity contribution is -0.141. The molecule has 0 fully saturated rings. The van der Waals surface area contributed by atoms with Crippen LogP contribution in [0.1, 0.15) is 29.9 Å². The van der Waals surface area contributed by atoms with Gasteiger partial charge in [-0.1, -0.05) is 19.9 Å². The molecule has 19 heavy (non-hydrogen) atoms. The lowest BCUT2D eigenvalue weighted by atomic mass is 10.1. The topological polar surface area (TPSA) is 77.8 Å². The van der Waals surface area contributed by atoms with Gasteiger partial charge >= 0.3 is 5.97 Å². The molecule has 106 valence electrons. The second kappa shape index (κ2) is 7.25. The summed E-state index contributed by atoms with van der Waals surface area (Å²) >= 11 is 1.31. The van der Waals surface area contributed by atoms with Crippen LogP contribution >= 0.6 is 11.3 Å². The van der Waals surface area contributed by atoms with Gasteiger partial charge in [0.1, 0.15) is 0 Å². The molecule has 1 aromatic rings. The van der Waals surface area contributed by atoms with Crippen molar-refractivity contribution >= 4 is 23.2 Å². The van der Waals surface area contributed by atoms with Crippen molar-refractivity contribution in [1.29, 1.82) is 0 Å². The maximum atomic E-state index is 12.4. The molecular weight excluding hydrogens is 266 g/mol. The molecule has 2 atom stereocenters. The molecule has 0 spiro atoms. The molecule has 1 heterocycles. The predicted octanol–water partition coefficient (Wildman–Crippen LogP) is 1.68. The van der Waals surface area contributed by atoms with E-state index in [0.717, 1.165) is 0 Å². The van der Waals surface area contributed by atoms with Crippen molar-refractivity contribution in [2.45, 2.75) is 26.3 Å². The highest BCUT2D eigenvalue weighted by Crippen LogP contribution is 2.17. The lowest BCUT2D eigenvalue weighted by Crippen LogP contribution is -2.45. The summed E-state index contributed by atoms with van der Waals surface area (Å²) in [4.78, 5) is 25.3. The average molecular weight is 285 g/mol. The Balaban J connectivity index is 2.91. The number of nitrogens with zero attached hydrogens (tertiary/aromatic N) is 1.